The van der Waals surface area contributed by atoms with Gasteiger partial charge in [0.15, 0.2) is 0 Å². The van der Waals surface area contributed by atoms with Gasteiger partial charge in [-0.3, -0.25) is 14.2 Å². The van der Waals surface area contributed by atoms with Crippen LogP contribution in [0.4, 0.5) is 0 Å². The number of benzene rings is 2. The molecule has 29 heavy (non-hydrogen) atoms. The summed E-state index contributed by atoms with van der Waals surface area (Å²) in [5.74, 6) is 1.13. The molecule has 1 heterocycles. The van der Waals surface area contributed by atoms with E-state index >= 15 is 0 Å². The molecule has 0 fully saturated rings. The van der Waals surface area contributed by atoms with Crippen molar-refractivity contribution >= 4 is 16.8 Å². The summed E-state index contributed by atoms with van der Waals surface area (Å²) in [6, 6.07) is 16.8. The normalized spacial score (nSPS) is 12.3. The minimum Gasteiger partial charge on any atom is -0.332 e. The van der Waals surface area contributed by atoms with Gasteiger partial charge in [-0.1, -0.05) is 56.3 Å². The van der Waals surface area contributed by atoms with Crippen LogP contribution in [0.15, 0.2) is 59.4 Å². The minimum absolute atomic E-state index is 0.0479. The lowest BCUT2D eigenvalue weighted by Crippen LogP contribution is -2.39. The van der Waals surface area contributed by atoms with E-state index in [9.17, 15) is 9.59 Å². The number of aromatic nitrogens is 2. The third-order valence-electron chi connectivity index (χ3n) is 5.32. The second-order valence-electron chi connectivity index (χ2n) is 7.96. The van der Waals surface area contributed by atoms with E-state index in [1.807, 2.05) is 60.4 Å². The molecule has 3 aromatic rings. The van der Waals surface area contributed by atoms with E-state index < -0.39 is 0 Å². The molecular weight excluding hydrogens is 362 g/mol. The van der Waals surface area contributed by atoms with E-state index in [0.29, 0.717) is 35.6 Å². The van der Waals surface area contributed by atoms with E-state index in [1.165, 1.54) is 0 Å². The molecule has 5 heteroatoms. The fourth-order valence-electron chi connectivity index (χ4n) is 3.55. The van der Waals surface area contributed by atoms with Gasteiger partial charge in [-0.25, -0.2) is 4.98 Å². The van der Waals surface area contributed by atoms with Crippen molar-refractivity contribution in [2.75, 3.05) is 6.54 Å². The highest BCUT2D eigenvalue weighted by Gasteiger charge is 2.25. The zero-order valence-corrected chi connectivity index (χ0v) is 17.6. The summed E-state index contributed by atoms with van der Waals surface area (Å²) in [4.78, 5) is 32.6. The van der Waals surface area contributed by atoms with E-state index in [-0.39, 0.29) is 17.5 Å². The Balaban J connectivity index is 1.96. The van der Waals surface area contributed by atoms with Crippen molar-refractivity contribution in [2.24, 2.45) is 13.0 Å². The lowest BCUT2D eigenvalue weighted by atomic mass is 10.1. The average molecular weight is 392 g/mol. The number of amides is 1. The Morgan fingerprint density at radius 3 is 2.38 bits per heavy atom. The maximum absolute atomic E-state index is 13.2. The molecule has 0 aliphatic heterocycles. The largest absolute Gasteiger partial charge is 0.332 e. The van der Waals surface area contributed by atoms with Crippen LogP contribution in [0.3, 0.4) is 0 Å². The molecule has 0 aliphatic carbocycles. The van der Waals surface area contributed by atoms with Gasteiger partial charge >= 0.3 is 0 Å². The van der Waals surface area contributed by atoms with Gasteiger partial charge in [0.25, 0.3) is 5.56 Å². The second kappa shape index (κ2) is 9.03. The smallest absolute Gasteiger partial charge is 0.261 e. The van der Waals surface area contributed by atoms with Crippen LogP contribution in [-0.4, -0.2) is 26.9 Å². The fraction of sp³-hybridized carbons (Fsp3) is 0.375. The van der Waals surface area contributed by atoms with Crippen molar-refractivity contribution in [1.82, 2.24) is 14.5 Å². The number of hydrogen-bond acceptors (Lipinski definition) is 3. The highest BCUT2D eigenvalue weighted by molar-refractivity contribution is 5.80. The quantitative estimate of drug-likeness (QED) is 0.609. The molecule has 5 nitrogen and oxygen atoms in total. The molecule has 2 aromatic carbocycles. The number of carbonyl (C=O) groups excluding carboxylic acids is 1. The fourth-order valence-corrected chi connectivity index (χ4v) is 3.55. The van der Waals surface area contributed by atoms with Gasteiger partial charge < -0.3 is 4.90 Å². The molecule has 3 rings (SSSR count). The summed E-state index contributed by atoms with van der Waals surface area (Å²) < 4.78 is 1.57. The molecule has 0 aliphatic rings. The maximum Gasteiger partial charge on any atom is 0.261 e. The van der Waals surface area contributed by atoms with E-state index in [2.05, 4.69) is 13.8 Å². The van der Waals surface area contributed by atoms with Gasteiger partial charge in [-0.05, 0) is 37.0 Å². The van der Waals surface area contributed by atoms with Crippen molar-refractivity contribution in [3.05, 3.63) is 76.3 Å². The summed E-state index contributed by atoms with van der Waals surface area (Å²) in [7, 11) is 1.73. The predicted molar refractivity (Wildman–Crippen MR) is 117 cm³/mol. The summed E-state index contributed by atoms with van der Waals surface area (Å²) in [5.41, 5.74) is 1.56. The van der Waals surface area contributed by atoms with Crippen molar-refractivity contribution < 1.29 is 4.79 Å². The lowest BCUT2D eigenvalue weighted by Gasteiger charge is -2.30. The standard InChI is InChI=1S/C24H29N3O2/c1-17(2)14-15-27(22(28)16-19-10-6-5-7-11-19)18(3)23-25-21-13-9-8-12-20(21)24(29)26(23)4/h5-13,17-18H,14-16H2,1-4H3. The van der Waals surface area contributed by atoms with Crippen LogP contribution < -0.4 is 5.56 Å². The van der Waals surface area contributed by atoms with E-state index in [1.54, 1.807) is 17.7 Å². The summed E-state index contributed by atoms with van der Waals surface area (Å²) in [6.45, 7) is 6.88. The molecule has 152 valence electrons. The Labute approximate surface area is 172 Å². The molecule has 0 radical (unpaired) electrons. The molecule has 0 N–H and O–H groups in total. The average Bonchev–Trinajstić information content (AvgIpc) is 2.71. The van der Waals surface area contributed by atoms with Gasteiger partial charge in [-0.15, -0.1) is 0 Å². The van der Waals surface area contributed by atoms with Crippen LogP contribution in [0.25, 0.3) is 10.9 Å². The lowest BCUT2D eigenvalue weighted by molar-refractivity contribution is -0.133. The third kappa shape index (κ3) is 4.73. The van der Waals surface area contributed by atoms with Gasteiger partial charge in [0, 0.05) is 13.6 Å². The number of nitrogens with zero attached hydrogens (tertiary/aromatic N) is 3. The van der Waals surface area contributed by atoms with E-state index in [0.717, 1.165) is 12.0 Å². The zero-order valence-electron chi connectivity index (χ0n) is 17.6. The molecule has 0 saturated heterocycles. The van der Waals surface area contributed by atoms with Gasteiger partial charge in [0.2, 0.25) is 5.91 Å². The van der Waals surface area contributed by atoms with Gasteiger partial charge in [0.1, 0.15) is 5.82 Å². The van der Waals surface area contributed by atoms with Crippen LogP contribution in [-0.2, 0) is 18.3 Å². The zero-order chi connectivity index (χ0) is 21.0. The first-order valence-electron chi connectivity index (χ1n) is 10.2. The summed E-state index contributed by atoms with van der Waals surface area (Å²) in [5, 5.41) is 0.593. The Kier molecular flexibility index (Phi) is 6.47. The SMILES string of the molecule is CC(C)CCN(C(=O)Cc1ccccc1)C(C)c1nc2ccccc2c(=O)n1C. The van der Waals surface area contributed by atoms with Crippen LogP contribution in [0.2, 0.25) is 0 Å². The first-order valence-corrected chi connectivity index (χ1v) is 10.2. The summed E-state index contributed by atoms with van der Waals surface area (Å²) in [6.07, 6.45) is 1.23. The van der Waals surface area contributed by atoms with Crippen molar-refractivity contribution in [1.29, 1.82) is 0 Å². The molecular formula is C24H29N3O2. The Bertz CT molecular complexity index is 1040. The Morgan fingerprint density at radius 1 is 1.03 bits per heavy atom. The molecule has 1 atom stereocenters. The van der Waals surface area contributed by atoms with Crippen LogP contribution in [0.5, 0.6) is 0 Å². The highest BCUT2D eigenvalue weighted by atomic mass is 16.2. The monoisotopic (exact) mass is 391 g/mol. The molecule has 1 unspecified atom stereocenters. The first kappa shape index (κ1) is 20.8. The van der Waals surface area contributed by atoms with E-state index in [4.69, 9.17) is 4.98 Å². The van der Waals surface area contributed by atoms with Crippen molar-refractivity contribution in [3.8, 4) is 0 Å². The predicted octanol–water partition coefficient (Wildman–Crippen LogP) is 4.11. The van der Waals surface area contributed by atoms with Crippen LogP contribution in [0.1, 0.15) is 44.6 Å². The second-order valence-corrected chi connectivity index (χ2v) is 7.96. The van der Waals surface area contributed by atoms with Crippen molar-refractivity contribution in [2.45, 2.75) is 39.7 Å². The van der Waals surface area contributed by atoms with Gasteiger partial charge in [-0.2, -0.15) is 0 Å². The number of carbonyl (C=O) groups is 1. The highest BCUT2D eigenvalue weighted by Crippen LogP contribution is 2.22. The molecule has 0 spiro atoms. The summed E-state index contributed by atoms with van der Waals surface area (Å²) >= 11 is 0. The minimum atomic E-state index is -0.299. The number of para-hydroxylation sites is 1. The molecule has 0 saturated carbocycles. The Hall–Kier alpha value is -2.95. The number of fused-ring (bicyclic) bond motifs is 1. The number of hydrogen-bond donors (Lipinski definition) is 0. The van der Waals surface area contributed by atoms with Crippen LogP contribution >= 0.6 is 0 Å². The Morgan fingerprint density at radius 2 is 1.69 bits per heavy atom. The van der Waals surface area contributed by atoms with Gasteiger partial charge in [0.05, 0.1) is 23.4 Å². The third-order valence-corrected chi connectivity index (χ3v) is 5.32. The van der Waals surface area contributed by atoms with Crippen molar-refractivity contribution in [3.63, 3.8) is 0 Å². The maximum atomic E-state index is 13.2. The molecule has 0 bridgehead atoms. The van der Waals surface area contributed by atoms with Crippen LogP contribution in [0, 0.1) is 5.92 Å². The first-order chi connectivity index (χ1) is 13.9. The topological polar surface area (TPSA) is 55.2 Å². The molecule has 1 amide bonds. The molecule has 1 aromatic heterocycles. The number of rotatable bonds is 7.